The van der Waals surface area contributed by atoms with Gasteiger partial charge in [-0.1, -0.05) is 18.2 Å². The molecule has 0 bridgehead atoms. The molecule has 2 unspecified atom stereocenters. The Morgan fingerprint density at radius 3 is 2.59 bits per heavy atom. The van der Waals surface area contributed by atoms with Crippen LogP contribution in [0.15, 0.2) is 89.6 Å². The van der Waals surface area contributed by atoms with Gasteiger partial charge in [-0.2, -0.15) is 23.5 Å². The monoisotopic (exact) mass is 553 g/mol. The van der Waals surface area contributed by atoms with Gasteiger partial charge >= 0.3 is 12.1 Å². The predicted molar refractivity (Wildman–Crippen MR) is 133 cm³/mol. The van der Waals surface area contributed by atoms with Crippen LogP contribution in [0.2, 0.25) is 0 Å². The number of fused-ring (bicyclic) bond motifs is 1. The van der Waals surface area contributed by atoms with Gasteiger partial charge in [0, 0.05) is 52.3 Å². The number of nitriles is 1. The molecular formula is C25H18F3N7O3S. The largest absolute Gasteiger partial charge is 0.606 e. The van der Waals surface area contributed by atoms with Gasteiger partial charge in [-0.3, -0.25) is 9.67 Å². The van der Waals surface area contributed by atoms with Crippen LogP contribution in [0.3, 0.4) is 0 Å². The van der Waals surface area contributed by atoms with Gasteiger partial charge in [0.2, 0.25) is 0 Å². The molecule has 0 aliphatic rings. The Kier molecular flexibility index (Phi) is 8.23. The number of carboxylic acid groups (broad SMARTS) is 1. The van der Waals surface area contributed by atoms with Gasteiger partial charge in [-0.15, -0.1) is 0 Å². The molecule has 10 nitrogen and oxygen atoms in total. The van der Waals surface area contributed by atoms with Gasteiger partial charge in [-0.05, 0) is 18.2 Å². The van der Waals surface area contributed by atoms with E-state index in [0.29, 0.717) is 9.79 Å². The summed E-state index contributed by atoms with van der Waals surface area (Å²) in [7, 11) is 0. The molecule has 5 aromatic rings. The third kappa shape index (κ3) is 6.40. The second-order valence-electron chi connectivity index (χ2n) is 7.89. The fourth-order valence-electron chi connectivity index (χ4n) is 3.58. The van der Waals surface area contributed by atoms with Crippen LogP contribution in [0.4, 0.5) is 13.2 Å². The van der Waals surface area contributed by atoms with Gasteiger partial charge < -0.3 is 14.6 Å². The number of hydrogen-bond acceptors (Lipinski definition) is 7. The standard InChI is InChI=1S/C23H17N7OS.C2HF3O2/c24-8-6-21(16-10-19(13-25-11-16)32(31)18-4-2-1-3-5-18)30-14-17(12-29-30)22-20-7-9-26-23(20)28-15-27-22;3-2(4,5)1(6)7/h1-5,7,9-15,21H,6H2,(H,26,27,28);(H,6,7). The van der Waals surface area contributed by atoms with Crippen molar-refractivity contribution < 1.29 is 27.6 Å². The van der Waals surface area contributed by atoms with Crippen molar-refractivity contribution in [3.05, 3.63) is 85.3 Å². The van der Waals surface area contributed by atoms with Gasteiger partial charge in [0.1, 0.15) is 12.0 Å². The third-order valence-corrected chi connectivity index (χ3v) is 6.72. The molecule has 14 heteroatoms. The van der Waals surface area contributed by atoms with E-state index in [2.05, 4.69) is 31.1 Å². The summed E-state index contributed by atoms with van der Waals surface area (Å²) in [5.41, 5.74) is 3.08. The molecule has 0 spiro atoms. The first-order valence-electron chi connectivity index (χ1n) is 11.1. The quantitative estimate of drug-likeness (QED) is 0.291. The number of halogens is 3. The average Bonchev–Trinajstić information content (AvgIpc) is 3.62. The molecule has 0 fully saturated rings. The second-order valence-corrected chi connectivity index (χ2v) is 9.37. The number of aliphatic carboxylic acids is 1. The fraction of sp³-hybridized carbons (Fsp3) is 0.120. The molecule has 2 atom stereocenters. The van der Waals surface area contributed by atoms with E-state index in [4.69, 9.17) is 9.90 Å². The lowest BCUT2D eigenvalue weighted by Gasteiger charge is -2.16. The van der Waals surface area contributed by atoms with Crippen LogP contribution < -0.4 is 0 Å². The van der Waals surface area contributed by atoms with Gasteiger partial charge in [-0.25, -0.2) is 14.8 Å². The summed E-state index contributed by atoms with van der Waals surface area (Å²) in [4.78, 5) is 26.2. The molecule has 1 aromatic carbocycles. The highest BCUT2D eigenvalue weighted by Crippen LogP contribution is 2.29. The molecule has 5 rings (SSSR count). The maximum absolute atomic E-state index is 13.0. The van der Waals surface area contributed by atoms with Crippen LogP contribution in [-0.2, 0) is 16.0 Å². The van der Waals surface area contributed by atoms with Crippen molar-refractivity contribution >= 4 is 28.2 Å². The molecule has 4 heterocycles. The third-order valence-electron chi connectivity index (χ3n) is 5.37. The van der Waals surface area contributed by atoms with E-state index in [1.165, 1.54) is 6.33 Å². The lowest BCUT2D eigenvalue weighted by molar-refractivity contribution is -0.192. The maximum Gasteiger partial charge on any atom is 0.490 e. The minimum Gasteiger partial charge on any atom is -0.606 e. The zero-order valence-electron chi connectivity index (χ0n) is 19.8. The van der Waals surface area contributed by atoms with Crippen molar-refractivity contribution in [2.45, 2.75) is 28.4 Å². The van der Waals surface area contributed by atoms with Crippen LogP contribution in [-0.4, -0.2) is 51.5 Å². The minimum atomic E-state index is -5.08. The molecule has 2 N–H and O–H groups in total. The Labute approximate surface area is 222 Å². The highest BCUT2D eigenvalue weighted by molar-refractivity contribution is 7.91. The topological polar surface area (TPSA) is 156 Å². The number of carboxylic acids is 1. The van der Waals surface area contributed by atoms with E-state index in [0.717, 1.165) is 27.9 Å². The molecule has 0 amide bonds. The number of aromatic amines is 1. The molecule has 0 saturated carbocycles. The highest BCUT2D eigenvalue weighted by Gasteiger charge is 2.38. The SMILES string of the molecule is N#CCC(c1cncc([S+]([O-])c2ccccc2)c1)n1cc(-c2ncnc3[nH]ccc23)cn1.O=C(O)C(F)(F)F. The zero-order chi connectivity index (χ0) is 28.0. The number of nitrogens with zero attached hydrogens (tertiary/aromatic N) is 6. The van der Waals surface area contributed by atoms with Crippen LogP contribution in [0.1, 0.15) is 18.0 Å². The molecule has 0 radical (unpaired) electrons. The Balaban J connectivity index is 0.000000448. The number of benzene rings is 1. The smallest absolute Gasteiger partial charge is 0.490 e. The number of carbonyl (C=O) groups is 1. The number of H-pyrrole nitrogens is 1. The molecule has 198 valence electrons. The summed E-state index contributed by atoms with van der Waals surface area (Å²) >= 11 is -1.37. The van der Waals surface area contributed by atoms with Crippen LogP contribution in [0, 0.1) is 11.3 Å². The highest BCUT2D eigenvalue weighted by atomic mass is 32.2. The van der Waals surface area contributed by atoms with E-state index >= 15 is 0 Å². The van der Waals surface area contributed by atoms with Crippen molar-refractivity contribution in [1.82, 2.24) is 29.7 Å². The lowest BCUT2D eigenvalue weighted by atomic mass is 10.1. The number of aromatic nitrogens is 6. The molecule has 0 saturated heterocycles. The molecule has 39 heavy (non-hydrogen) atoms. The van der Waals surface area contributed by atoms with Crippen molar-refractivity contribution in [1.29, 1.82) is 5.26 Å². The molecular weight excluding hydrogens is 535 g/mol. The Morgan fingerprint density at radius 2 is 1.90 bits per heavy atom. The minimum absolute atomic E-state index is 0.188. The van der Waals surface area contributed by atoms with Crippen molar-refractivity contribution in [2.24, 2.45) is 0 Å². The Morgan fingerprint density at radius 1 is 1.15 bits per heavy atom. The molecule has 0 aliphatic heterocycles. The van der Waals surface area contributed by atoms with E-state index in [1.807, 2.05) is 54.9 Å². The van der Waals surface area contributed by atoms with Crippen LogP contribution >= 0.6 is 0 Å². The maximum atomic E-state index is 13.0. The Bertz CT molecular complexity index is 1620. The number of hydrogen-bond donors (Lipinski definition) is 2. The van der Waals surface area contributed by atoms with Crippen molar-refractivity contribution in [2.75, 3.05) is 0 Å². The van der Waals surface area contributed by atoms with Crippen molar-refractivity contribution in [3.63, 3.8) is 0 Å². The van der Waals surface area contributed by atoms with Gasteiger partial charge in [0.05, 0.1) is 36.6 Å². The molecule has 4 aromatic heterocycles. The van der Waals surface area contributed by atoms with E-state index in [1.54, 1.807) is 23.3 Å². The summed E-state index contributed by atoms with van der Waals surface area (Å²) in [6.45, 7) is 0. The van der Waals surface area contributed by atoms with Crippen LogP contribution in [0.25, 0.3) is 22.3 Å². The first-order chi connectivity index (χ1) is 18.7. The normalized spacial score (nSPS) is 12.7. The summed E-state index contributed by atoms with van der Waals surface area (Å²) in [6.07, 6.45) is 5.28. The molecule has 0 aliphatic carbocycles. The number of nitrogens with one attached hydrogen (secondary N) is 1. The Hall–Kier alpha value is -4.74. The zero-order valence-corrected chi connectivity index (χ0v) is 20.6. The lowest BCUT2D eigenvalue weighted by Crippen LogP contribution is -2.21. The van der Waals surface area contributed by atoms with Crippen LogP contribution in [0.5, 0.6) is 0 Å². The van der Waals surface area contributed by atoms with Gasteiger partial charge in [0.15, 0.2) is 9.79 Å². The summed E-state index contributed by atoms with van der Waals surface area (Å²) in [5.74, 6) is -2.76. The number of alkyl halides is 3. The van der Waals surface area contributed by atoms with E-state index < -0.39 is 23.3 Å². The fourth-order valence-corrected chi connectivity index (χ4v) is 4.66. The number of rotatable bonds is 6. The summed E-state index contributed by atoms with van der Waals surface area (Å²) in [5, 5.41) is 22.0. The van der Waals surface area contributed by atoms with Gasteiger partial charge in [0.25, 0.3) is 0 Å². The van der Waals surface area contributed by atoms with E-state index in [-0.39, 0.29) is 12.5 Å². The second kappa shape index (κ2) is 11.8. The first-order valence-corrected chi connectivity index (χ1v) is 12.3. The first kappa shape index (κ1) is 27.3. The van der Waals surface area contributed by atoms with Crippen molar-refractivity contribution in [3.8, 4) is 17.3 Å². The average molecular weight is 554 g/mol. The predicted octanol–water partition coefficient (Wildman–Crippen LogP) is 4.52. The number of pyridine rings is 1. The summed E-state index contributed by atoms with van der Waals surface area (Å²) in [6, 6.07) is 14.8. The summed E-state index contributed by atoms with van der Waals surface area (Å²) < 4.78 is 46.4. The van der Waals surface area contributed by atoms with E-state index in [9.17, 15) is 23.0 Å².